The molecule has 0 N–H and O–H groups in total. The molecule has 1 aromatic carbocycles. The highest BCUT2D eigenvalue weighted by Crippen LogP contribution is 2.34. The second-order valence-corrected chi connectivity index (χ2v) is 6.13. The highest BCUT2D eigenvalue weighted by molar-refractivity contribution is 8.00. The van der Waals surface area contributed by atoms with Crippen LogP contribution in [0.25, 0.3) is 0 Å². The molecule has 1 aliphatic heterocycles. The Labute approximate surface area is 119 Å². The van der Waals surface area contributed by atoms with Crippen LogP contribution in [0.2, 0.25) is 10.0 Å². The predicted molar refractivity (Wildman–Crippen MR) is 75.5 cm³/mol. The van der Waals surface area contributed by atoms with Crippen LogP contribution in [0.1, 0.15) is 13.3 Å². The molecule has 0 bridgehead atoms. The smallest absolute Gasteiger partial charge is 0.247 e. The minimum absolute atomic E-state index is 0.198. The van der Waals surface area contributed by atoms with Gasteiger partial charge in [-0.15, -0.1) is 11.8 Å². The lowest BCUT2D eigenvalue weighted by Crippen LogP contribution is -2.31. The van der Waals surface area contributed by atoms with E-state index in [1.807, 2.05) is 6.92 Å². The molecule has 6 heteroatoms. The van der Waals surface area contributed by atoms with Crippen molar-refractivity contribution < 1.29 is 9.59 Å². The van der Waals surface area contributed by atoms with Crippen molar-refractivity contribution in [3.63, 3.8) is 0 Å². The van der Waals surface area contributed by atoms with E-state index in [1.165, 1.54) is 17.8 Å². The van der Waals surface area contributed by atoms with E-state index in [-0.39, 0.29) is 23.5 Å². The van der Waals surface area contributed by atoms with E-state index in [9.17, 15) is 9.59 Å². The van der Waals surface area contributed by atoms with Gasteiger partial charge in [-0.3, -0.25) is 9.59 Å². The standard InChI is InChI=1S/C12H11Cl2NO2S/c1-2-18-10-6-11(16)15(12(10)17)9-4-3-7(13)5-8(9)14/h3-5,10H,2,6H2,1H3. The largest absolute Gasteiger partial charge is 0.274 e. The summed E-state index contributed by atoms with van der Waals surface area (Å²) in [5, 5.41) is 0.489. The number of carbonyl (C=O) groups is 2. The number of amides is 2. The van der Waals surface area contributed by atoms with Gasteiger partial charge in [0, 0.05) is 11.4 Å². The van der Waals surface area contributed by atoms with Gasteiger partial charge in [-0.05, 0) is 24.0 Å². The number of rotatable bonds is 3. The van der Waals surface area contributed by atoms with Gasteiger partial charge in [0.25, 0.3) is 0 Å². The fourth-order valence-corrected chi connectivity index (χ4v) is 3.25. The fraction of sp³-hybridized carbons (Fsp3) is 0.333. The van der Waals surface area contributed by atoms with Crippen LogP contribution >= 0.6 is 35.0 Å². The topological polar surface area (TPSA) is 37.4 Å². The van der Waals surface area contributed by atoms with Crippen LogP contribution in [0.5, 0.6) is 0 Å². The normalized spacial score (nSPS) is 19.7. The van der Waals surface area contributed by atoms with E-state index in [1.54, 1.807) is 12.1 Å². The average molecular weight is 304 g/mol. The fourth-order valence-electron chi connectivity index (χ4n) is 1.85. The zero-order valence-corrected chi connectivity index (χ0v) is 12.0. The van der Waals surface area contributed by atoms with Crippen molar-refractivity contribution in [2.75, 3.05) is 10.7 Å². The zero-order valence-electron chi connectivity index (χ0n) is 9.65. The molecule has 0 saturated carbocycles. The first-order valence-electron chi connectivity index (χ1n) is 5.48. The molecule has 0 spiro atoms. The Balaban J connectivity index is 2.33. The van der Waals surface area contributed by atoms with E-state index in [0.29, 0.717) is 15.7 Å². The molecule has 1 unspecified atom stereocenters. The van der Waals surface area contributed by atoms with Gasteiger partial charge in [0.05, 0.1) is 16.0 Å². The summed E-state index contributed by atoms with van der Waals surface area (Å²) in [7, 11) is 0. The van der Waals surface area contributed by atoms with E-state index in [0.717, 1.165) is 10.7 Å². The molecule has 2 rings (SSSR count). The summed E-state index contributed by atoms with van der Waals surface area (Å²) in [4.78, 5) is 25.2. The van der Waals surface area contributed by atoms with Gasteiger partial charge in [-0.2, -0.15) is 0 Å². The molecular weight excluding hydrogens is 293 g/mol. The Hall–Kier alpha value is -0.710. The number of hydrogen-bond donors (Lipinski definition) is 0. The summed E-state index contributed by atoms with van der Waals surface area (Å²) in [6.07, 6.45) is 0.232. The third-order valence-corrected chi connectivity index (χ3v) is 4.27. The van der Waals surface area contributed by atoms with Crippen LogP contribution in [0, 0.1) is 0 Å². The molecule has 96 valence electrons. The van der Waals surface area contributed by atoms with Gasteiger partial charge >= 0.3 is 0 Å². The Morgan fingerprint density at radius 1 is 1.39 bits per heavy atom. The Morgan fingerprint density at radius 3 is 2.72 bits per heavy atom. The van der Waals surface area contributed by atoms with Crippen molar-refractivity contribution in [2.24, 2.45) is 0 Å². The van der Waals surface area contributed by atoms with Crippen molar-refractivity contribution in [2.45, 2.75) is 18.6 Å². The maximum atomic E-state index is 12.1. The number of anilines is 1. The Bertz CT molecular complexity index is 507. The molecule has 0 radical (unpaired) electrons. The summed E-state index contributed by atoms with van der Waals surface area (Å²) < 4.78 is 0. The Morgan fingerprint density at radius 2 is 2.11 bits per heavy atom. The monoisotopic (exact) mass is 303 g/mol. The van der Waals surface area contributed by atoms with Crippen LogP contribution in [0.15, 0.2) is 18.2 Å². The maximum Gasteiger partial charge on any atom is 0.247 e. The minimum atomic E-state index is -0.297. The number of benzene rings is 1. The number of hydrogen-bond acceptors (Lipinski definition) is 3. The van der Waals surface area contributed by atoms with Gasteiger partial charge in [0.2, 0.25) is 11.8 Å². The van der Waals surface area contributed by atoms with Crippen molar-refractivity contribution >= 4 is 52.5 Å². The number of thioether (sulfide) groups is 1. The highest BCUT2D eigenvalue weighted by Gasteiger charge is 2.40. The van der Waals surface area contributed by atoms with Crippen LogP contribution < -0.4 is 4.90 Å². The highest BCUT2D eigenvalue weighted by atomic mass is 35.5. The number of imide groups is 1. The molecule has 3 nitrogen and oxygen atoms in total. The molecule has 1 fully saturated rings. The van der Waals surface area contributed by atoms with E-state index in [2.05, 4.69) is 0 Å². The van der Waals surface area contributed by atoms with E-state index in [4.69, 9.17) is 23.2 Å². The lowest BCUT2D eigenvalue weighted by Gasteiger charge is -2.16. The molecule has 1 heterocycles. The van der Waals surface area contributed by atoms with Gasteiger partial charge in [0.15, 0.2) is 0 Å². The predicted octanol–water partition coefficient (Wildman–Crippen LogP) is 3.38. The van der Waals surface area contributed by atoms with Crippen molar-refractivity contribution in [3.05, 3.63) is 28.2 Å². The van der Waals surface area contributed by atoms with Crippen LogP contribution in [-0.2, 0) is 9.59 Å². The molecule has 0 aromatic heterocycles. The van der Waals surface area contributed by atoms with E-state index >= 15 is 0 Å². The average Bonchev–Trinajstić information content (AvgIpc) is 2.56. The molecule has 18 heavy (non-hydrogen) atoms. The molecular formula is C12H11Cl2NO2S. The van der Waals surface area contributed by atoms with Crippen molar-refractivity contribution in [1.82, 2.24) is 0 Å². The third-order valence-electron chi connectivity index (χ3n) is 2.62. The first kappa shape index (κ1) is 13.7. The second-order valence-electron chi connectivity index (χ2n) is 3.81. The van der Waals surface area contributed by atoms with Crippen LogP contribution in [0.4, 0.5) is 5.69 Å². The summed E-state index contributed by atoms with van der Waals surface area (Å²) in [5.74, 6) is 0.387. The molecule has 0 aliphatic carbocycles. The van der Waals surface area contributed by atoms with Gasteiger partial charge in [-0.25, -0.2) is 4.90 Å². The van der Waals surface area contributed by atoms with Gasteiger partial charge in [0.1, 0.15) is 0 Å². The SMILES string of the molecule is CCSC1CC(=O)N(c2ccc(Cl)cc2Cl)C1=O. The second kappa shape index (κ2) is 5.51. The Kier molecular flexibility index (Phi) is 4.20. The summed E-state index contributed by atoms with van der Waals surface area (Å²) in [5.41, 5.74) is 0.412. The lowest BCUT2D eigenvalue weighted by atomic mass is 10.3. The zero-order chi connectivity index (χ0) is 13.3. The quantitative estimate of drug-likeness (QED) is 0.803. The van der Waals surface area contributed by atoms with Crippen molar-refractivity contribution in [3.8, 4) is 0 Å². The van der Waals surface area contributed by atoms with Crippen LogP contribution in [-0.4, -0.2) is 22.8 Å². The summed E-state index contributed by atoms with van der Waals surface area (Å²) >= 11 is 13.3. The lowest BCUT2D eigenvalue weighted by molar-refractivity contribution is -0.121. The first-order valence-corrected chi connectivity index (χ1v) is 7.28. The van der Waals surface area contributed by atoms with Crippen LogP contribution in [0.3, 0.4) is 0 Å². The van der Waals surface area contributed by atoms with Crippen molar-refractivity contribution in [1.29, 1.82) is 0 Å². The minimum Gasteiger partial charge on any atom is -0.274 e. The molecule has 1 aromatic rings. The third kappa shape index (κ3) is 2.51. The summed E-state index contributed by atoms with van der Waals surface area (Å²) in [6.45, 7) is 1.96. The van der Waals surface area contributed by atoms with Gasteiger partial charge < -0.3 is 0 Å². The van der Waals surface area contributed by atoms with Gasteiger partial charge in [-0.1, -0.05) is 30.1 Å². The summed E-state index contributed by atoms with van der Waals surface area (Å²) in [6, 6.07) is 4.74. The molecule has 1 aliphatic rings. The number of halogens is 2. The molecule has 1 atom stereocenters. The number of nitrogens with zero attached hydrogens (tertiary/aromatic N) is 1. The molecule has 1 saturated heterocycles. The maximum absolute atomic E-state index is 12.1. The number of carbonyl (C=O) groups excluding carboxylic acids is 2. The first-order chi connectivity index (χ1) is 8.54. The van der Waals surface area contributed by atoms with E-state index < -0.39 is 0 Å². The molecule has 2 amide bonds.